The second-order valence-electron chi connectivity index (χ2n) is 3.68. The Hall–Kier alpha value is -0.760. The Bertz CT molecular complexity index is 333. The molecule has 1 fully saturated rings. The summed E-state index contributed by atoms with van der Waals surface area (Å²) in [5, 5.41) is 17.4. The number of aliphatic hydroxyl groups excluding tert-OH is 1. The van der Waals surface area contributed by atoms with Crippen molar-refractivity contribution in [3.05, 3.63) is 5.69 Å². The number of ether oxygens (including phenoxy) is 1. The highest BCUT2D eigenvalue weighted by atomic mass is 32.1. The highest BCUT2D eigenvalue weighted by molar-refractivity contribution is 7.10. The maximum atomic E-state index is 9.25. The Labute approximate surface area is 98.4 Å². The molecule has 0 amide bonds. The van der Waals surface area contributed by atoms with Gasteiger partial charge in [0.25, 0.3) is 0 Å². The highest BCUT2D eigenvalue weighted by Gasteiger charge is 2.24. The monoisotopic (exact) mass is 244 g/mol. The van der Waals surface area contributed by atoms with Crippen molar-refractivity contribution in [2.24, 2.45) is 0 Å². The zero-order valence-corrected chi connectivity index (χ0v) is 10.0. The first-order valence-electron chi connectivity index (χ1n) is 5.26. The molecule has 0 aliphatic carbocycles. The number of aliphatic hydroxyl groups is 1. The number of hydrogen-bond donors (Lipinski definition) is 2. The Balaban J connectivity index is 2.02. The number of aromatic nitrogens is 2. The smallest absolute Gasteiger partial charge is 0.134 e. The first kappa shape index (κ1) is 11.7. The molecule has 1 aromatic rings. The number of morpholine rings is 1. The molecule has 0 aromatic carbocycles. The molecule has 0 radical (unpaired) electrons. The van der Waals surface area contributed by atoms with E-state index in [4.69, 9.17) is 4.74 Å². The van der Waals surface area contributed by atoms with Gasteiger partial charge in [-0.2, -0.15) is 0 Å². The molecule has 16 heavy (non-hydrogen) atoms. The van der Waals surface area contributed by atoms with Gasteiger partial charge in [-0.1, -0.05) is 4.49 Å². The van der Waals surface area contributed by atoms with Crippen LogP contribution in [0.4, 0.5) is 5.00 Å². The van der Waals surface area contributed by atoms with Gasteiger partial charge in [-0.3, -0.25) is 4.90 Å². The van der Waals surface area contributed by atoms with Gasteiger partial charge in [0, 0.05) is 31.7 Å². The van der Waals surface area contributed by atoms with Crippen molar-refractivity contribution in [1.29, 1.82) is 0 Å². The van der Waals surface area contributed by atoms with E-state index >= 15 is 0 Å². The second-order valence-corrected chi connectivity index (χ2v) is 4.43. The first-order chi connectivity index (χ1) is 7.85. The van der Waals surface area contributed by atoms with E-state index in [0.29, 0.717) is 19.8 Å². The quantitative estimate of drug-likeness (QED) is 0.762. The lowest BCUT2D eigenvalue weighted by Gasteiger charge is -2.33. The van der Waals surface area contributed by atoms with Crippen molar-refractivity contribution < 1.29 is 9.84 Å². The highest BCUT2D eigenvalue weighted by Crippen LogP contribution is 2.20. The number of anilines is 1. The molecule has 1 atom stereocenters. The predicted molar refractivity (Wildman–Crippen MR) is 61.6 cm³/mol. The van der Waals surface area contributed by atoms with Gasteiger partial charge in [-0.25, -0.2) is 0 Å². The standard InChI is InChI=1S/C9H16N4O2S/c1-10-9-8(11-12-16-9)4-13-2-3-15-6-7(13)5-14/h7,10,14H,2-6H2,1H3. The van der Waals surface area contributed by atoms with E-state index in [9.17, 15) is 5.11 Å². The summed E-state index contributed by atoms with van der Waals surface area (Å²) in [4.78, 5) is 2.18. The summed E-state index contributed by atoms with van der Waals surface area (Å²) >= 11 is 1.35. The van der Waals surface area contributed by atoms with E-state index in [1.165, 1.54) is 11.5 Å². The van der Waals surface area contributed by atoms with Crippen LogP contribution in [0.5, 0.6) is 0 Å². The molecule has 2 heterocycles. The summed E-state index contributed by atoms with van der Waals surface area (Å²) in [5.74, 6) is 0. The van der Waals surface area contributed by atoms with Gasteiger partial charge in [-0.15, -0.1) is 5.10 Å². The number of rotatable bonds is 4. The summed E-state index contributed by atoms with van der Waals surface area (Å²) in [6, 6.07) is 0.0696. The summed E-state index contributed by atoms with van der Waals surface area (Å²) in [6.07, 6.45) is 0. The van der Waals surface area contributed by atoms with Gasteiger partial charge in [-0.05, 0) is 0 Å². The molecule has 90 valence electrons. The van der Waals surface area contributed by atoms with E-state index < -0.39 is 0 Å². The van der Waals surface area contributed by atoms with E-state index in [1.54, 1.807) is 0 Å². The molecule has 1 unspecified atom stereocenters. The fourth-order valence-corrected chi connectivity index (χ4v) is 2.28. The molecule has 0 bridgehead atoms. The minimum absolute atomic E-state index is 0.0696. The van der Waals surface area contributed by atoms with Crippen LogP contribution >= 0.6 is 11.5 Å². The summed E-state index contributed by atoms with van der Waals surface area (Å²) in [6.45, 7) is 2.95. The van der Waals surface area contributed by atoms with Crippen molar-refractivity contribution >= 4 is 16.5 Å². The average molecular weight is 244 g/mol. The first-order valence-corrected chi connectivity index (χ1v) is 6.04. The van der Waals surface area contributed by atoms with E-state index in [-0.39, 0.29) is 12.6 Å². The maximum absolute atomic E-state index is 9.25. The molecule has 1 aliphatic rings. The minimum atomic E-state index is 0.0696. The largest absolute Gasteiger partial charge is 0.395 e. The normalized spacial score (nSPS) is 22.2. The Morgan fingerprint density at radius 3 is 3.31 bits per heavy atom. The number of hydrogen-bond acceptors (Lipinski definition) is 7. The maximum Gasteiger partial charge on any atom is 0.134 e. The summed E-state index contributed by atoms with van der Waals surface area (Å²) in [5.41, 5.74) is 0.938. The molecular formula is C9H16N4O2S. The van der Waals surface area contributed by atoms with Crippen molar-refractivity contribution in [3.63, 3.8) is 0 Å². The van der Waals surface area contributed by atoms with Gasteiger partial charge in [0.15, 0.2) is 0 Å². The molecule has 1 aliphatic heterocycles. The number of nitrogens with zero attached hydrogens (tertiary/aromatic N) is 3. The SMILES string of the molecule is CNc1snnc1CN1CCOCC1CO. The lowest BCUT2D eigenvalue weighted by Crippen LogP contribution is -2.46. The van der Waals surface area contributed by atoms with E-state index in [1.807, 2.05) is 7.05 Å². The number of nitrogens with one attached hydrogen (secondary N) is 1. The van der Waals surface area contributed by atoms with E-state index in [0.717, 1.165) is 17.2 Å². The fraction of sp³-hybridized carbons (Fsp3) is 0.778. The Morgan fingerprint density at radius 2 is 2.56 bits per heavy atom. The lowest BCUT2D eigenvalue weighted by atomic mass is 10.2. The van der Waals surface area contributed by atoms with E-state index in [2.05, 4.69) is 19.8 Å². The van der Waals surface area contributed by atoms with Gasteiger partial charge in [0.05, 0.1) is 25.9 Å². The third-order valence-corrected chi connectivity index (χ3v) is 3.48. The average Bonchev–Trinajstić information content (AvgIpc) is 2.77. The topological polar surface area (TPSA) is 70.5 Å². The van der Waals surface area contributed by atoms with Crippen LogP contribution in [0.3, 0.4) is 0 Å². The fourth-order valence-electron chi connectivity index (χ4n) is 1.76. The van der Waals surface area contributed by atoms with Crippen LogP contribution in [0.25, 0.3) is 0 Å². The zero-order valence-electron chi connectivity index (χ0n) is 9.22. The summed E-state index contributed by atoms with van der Waals surface area (Å²) in [7, 11) is 1.86. The van der Waals surface area contributed by atoms with Gasteiger partial charge in [0.1, 0.15) is 10.7 Å². The van der Waals surface area contributed by atoms with Gasteiger partial charge >= 0.3 is 0 Å². The third kappa shape index (κ3) is 2.49. The van der Waals surface area contributed by atoms with Crippen molar-refractivity contribution in [2.75, 3.05) is 38.7 Å². The van der Waals surface area contributed by atoms with Crippen LogP contribution in [0, 0.1) is 0 Å². The summed E-state index contributed by atoms with van der Waals surface area (Å²) < 4.78 is 9.25. The third-order valence-electron chi connectivity index (χ3n) is 2.70. The van der Waals surface area contributed by atoms with Crippen LogP contribution in [0.1, 0.15) is 5.69 Å². The van der Waals surface area contributed by atoms with Crippen LogP contribution < -0.4 is 5.32 Å². The molecule has 7 heteroatoms. The molecule has 6 nitrogen and oxygen atoms in total. The van der Waals surface area contributed by atoms with Crippen LogP contribution in [-0.2, 0) is 11.3 Å². The predicted octanol–water partition coefficient (Wildman–Crippen LogP) is -0.227. The van der Waals surface area contributed by atoms with Crippen molar-refractivity contribution in [2.45, 2.75) is 12.6 Å². The van der Waals surface area contributed by atoms with Crippen molar-refractivity contribution in [3.8, 4) is 0 Å². The van der Waals surface area contributed by atoms with Crippen LogP contribution in [-0.4, -0.2) is 59.0 Å². The lowest BCUT2D eigenvalue weighted by molar-refractivity contribution is -0.0316. The second kappa shape index (κ2) is 5.53. The van der Waals surface area contributed by atoms with Crippen LogP contribution in [0.2, 0.25) is 0 Å². The Kier molecular flexibility index (Phi) is 4.05. The molecule has 1 saturated heterocycles. The van der Waals surface area contributed by atoms with Gasteiger partial charge < -0.3 is 15.2 Å². The molecule has 0 spiro atoms. The molecule has 1 aromatic heterocycles. The molecular weight excluding hydrogens is 228 g/mol. The van der Waals surface area contributed by atoms with Crippen molar-refractivity contribution in [1.82, 2.24) is 14.5 Å². The molecule has 2 rings (SSSR count). The molecule has 2 N–H and O–H groups in total. The zero-order chi connectivity index (χ0) is 11.4. The van der Waals surface area contributed by atoms with Crippen LogP contribution in [0.15, 0.2) is 0 Å². The molecule has 0 saturated carbocycles. The van der Waals surface area contributed by atoms with Gasteiger partial charge in [0.2, 0.25) is 0 Å². The minimum Gasteiger partial charge on any atom is -0.395 e. The Morgan fingerprint density at radius 1 is 1.69 bits per heavy atom.